The largest absolute Gasteiger partial charge is 0.478 e. The Hall–Kier alpha value is -1.38. The highest BCUT2D eigenvalue weighted by atomic mass is 79.9. The van der Waals surface area contributed by atoms with Gasteiger partial charge >= 0.3 is 12.0 Å². The minimum absolute atomic E-state index is 0.0680. The highest BCUT2D eigenvalue weighted by Gasteiger charge is 2.14. The second-order valence-electron chi connectivity index (χ2n) is 3.67. The summed E-state index contributed by atoms with van der Waals surface area (Å²) >= 11 is 7.78. The molecule has 0 aliphatic carbocycles. The molecule has 8 heteroatoms. The smallest absolute Gasteiger partial charge is 0.338 e. The molecule has 0 unspecified atom stereocenters. The maximum Gasteiger partial charge on any atom is 0.338 e. The number of carbonyl (C=O) groups is 2. The van der Waals surface area contributed by atoms with Crippen LogP contribution in [0.4, 0.5) is 15.5 Å². The van der Waals surface area contributed by atoms with Gasteiger partial charge in [-0.3, -0.25) is 5.32 Å². The summed E-state index contributed by atoms with van der Waals surface area (Å²) in [5, 5.41) is 16.0. The van der Waals surface area contributed by atoms with E-state index in [2.05, 4.69) is 42.5 Å². The van der Waals surface area contributed by atoms with E-state index in [9.17, 15) is 9.59 Å². The van der Waals surface area contributed by atoms with E-state index in [1.165, 1.54) is 6.07 Å². The maximum absolute atomic E-state index is 11.9. The SMILES string of the molecule is O=C(Nc1cc(Br)ccc1Br)Nc1sccc1C(=O)O. The number of nitrogens with one attached hydrogen (secondary N) is 2. The Morgan fingerprint density at radius 3 is 2.60 bits per heavy atom. The highest BCUT2D eigenvalue weighted by Crippen LogP contribution is 2.27. The van der Waals surface area contributed by atoms with E-state index in [4.69, 9.17) is 5.11 Å². The Morgan fingerprint density at radius 2 is 1.90 bits per heavy atom. The maximum atomic E-state index is 11.9. The second-order valence-corrected chi connectivity index (χ2v) is 6.36. The average Bonchev–Trinajstić information content (AvgIpc) is 2.82. The van der Waals surface area contributed by atoms with Crippen LogP contribution in [0.2, 0.25) is 0 Å². The molecule has 0 radical (unpaired) electrons. The number of thiophene rings is 1. The molecule has 0 atom stereocenters. The number of amides is 2. The molecule has 0 spiro atoms. The van der Waals surface area contributed by atoms with Gasteiger partial charge in [0.15, 0.2) is 0 Å². The van der Waals surface area contributed by atoms with Gasteiger partial charge in [0.25, 0.3) is 0 Å². The summed E-state index contributed by atoms with van der Waals surface area (Å²) in [5.74, 6) is -1.08. The van der Waals surface area contributed by atoms with Crippen molar-refractivity contribution < 1.29 is 14.7 Å². The summed E-state index contributed by atoms with van der Waals surface area (Å²) in [6, 6.07) is 6.28. The number of hydrogen-bond acceptors (Lipinski definition) is 3. The molecule has 3 N–H and O–H groups in total. The zero-order valence-electron chi connectivity index (χ0n) is 9.81. The fourth-order valence-corrected chi connectivity index (χ4v) is 2.91. The Labute approximate surface area is 135 Å². The van der Waals surface area contributed by atoms with Crippen molar-refractivity contribution in [3.63, 3.8) is 0 Å². The number of halogens is 2. The molecule has 0 saturated carbocycles. The molecule has 0 aliphatic rings. The van der Waals surface area contributed by atoms with Gasteiger partial charge in [0, 0.05) is 8.95 Å². The molecule has 2 amide bonds. The second kappa shape index (κ2) is 6.38. The van der Waals surface area contributed by atoms with Gasteiger partial charge in [0.1, 0.15) is 5.00 Å². The van der Waals surface area contributed by atoms with E-state index >= 15 is 0 Å². The standard InChI is InChI=1S/C12H8Br2N2O3S/c13-6-1-2-8(14)9(5-6)15-12(19)16-10-7(11(17)18)3-4-20-10/h1-5H,(H,17,18)(H2,15,16,19). The molecule has 1 heterocycles. The van der Waals surface area contributed by atoms with Crippen LogP contribution in [0.25, 0.3) is 0 Å². The van der Waals surface area contributed by atoms with Crippen molar-refractivity contribution in [2.45, 2.75) is 0 Å². The molecule has 1 aromatic heterocycles. The first-order valence-electron chi connectivity index (χ1n) is 5.31. The molecule has 2 rings (SSSR count). The van der Waals surface area contributed by atoms with Gasteiger partial charge in [-0.25, -0.2) is 9.59 Å². The van der Waals surface area contributed by atoms with Crippen LogP contribution in [0.3, 0.4) is 0 Å². The van der Waals surface area contributed by atoms with Crippen molar-refractivity contribution in [2.24, 2.45) is 0 Å². The Balaban J connectivity index is 2.11. The third kappa shape index (κ3) is 3.59. The quantitative estimate of drug-likeness (QED) is 0.679. The number of anilines is 2. The number of benzene rings is 1. The predicted octanol–water partition coefficient (Wildman–Crippen LogP) is 4.62. The minimum atomic E-state index is -1.08. The van der Waals surface area contributed by atoms with Crippen LogP contribution < -0.4 is 10.6 Å². The van der Waals surface area contributed by atoms with E-state index in [1.807, 2.05) is 6.07 Å². The molecule has 0 saturated heterocycles. The van der Waals surface area contributed by atoms with E-state index in [1.54, 1.807) is 17.5 Å². The van der Waals surface area contributed by atoms with Crippen LogP contribution in [0.5, 0.6) is 0 Å². The molecular weight excluding hydrogens is 412 g/mol. The van der Waals surface area contributed by atoms with Crippen molar-refractivity contribution in [3.05, 3.63) is 44.2 Å². The van der Waals surface area contributed by atoms with Crippen LogP contribution in [-0.2, 0) is 0 Å². The van der Waals surface area contributed by atoms with Crippen LogP contribution >= 0.6 is 43.2 Å². The molecular formula is C12H8Br2N2O3S. The first-order chi connectivity index (χ1) is 9.47. The number of hydrogen-bond donors (Lipinski definition) is 3. The minimum Gasteiger partial charge on any atom is -0.478 e. The summed E-state index contributed by atoms with van der Waals surface area (Å²) in [5.41, 5.74) is 0.642. The van der Waals surface area contributed by atoms with E-state index in [0.29, 0.717) is 10.7 Å². The molecule has 0 bridgehead atoms. The molecule has 20 heavy (non-hydrogen) atoms. The lowest BCUT2D eigenvalue weighted by Crippen LogP contribution is -2.20. The van der Waals surface area contributed by atoms with Crippen LogP contribution in [-0.4, -0.2) is 17.1 Å². The van der Waals surface area contributed by atoms with Gasteiger partial charge < -0.3 is 10.4 Å². The fourth-order valence-electron chi connectivity index (χ4n) is 1.42. The summed E-state index contributed by atoms with van der Waals surface area (Å²) in [4.78, 5) is 22.8. The van der Waals surface area contributed by atoms with Crippen LogP contribution in [0, 0.1) is 0 Å². The Morgan fingerprint density at radius 1 is 1.15 bits per heavy atom. The number of carbonyl (C=O) groups excluding carboxylic acids is 1. The van der Waals surface area contributed by atoms with Crippen molar-refractivity contribution in [1.29, 1.82) is 0 Å². The number of rotatable bonds is 3. The summed E-state index contributed by atoms with van der Waals surface area (Å²) in [6.07, 6.45) is 0. The first kappa shape index (κ1) is 15.0. The first-order valence-corrected chi connectivity index (χ1v) is 7.78. The van der Waals surface area contributed by atoms with E-state index < -0.39 is 12.0 Å². The number of aromatic carboxylic acids is 1. The van der Waals surface area contributed by atoms with Gasteiger partial charge in [-0.1, -0.05) is 15.9 Å². The van der Waals surface area contributed by atoms with Crippen molar-refractivity contribution >= 4 is 65.9 Å². The lowest BCUT2D eigenvalue weighted by molar-refractivity contribution is 0.0698. The highest BCUT2D eigenvalue weighted by molar-refractivity contribution is 9.11. The van der Waals surface area contributed by atoms with Crippen molar-refractivity contribution in [2.75, 3.05) is 10.6 Å². The molecule has 0 fully saturated rings. The van der Waals surface area contributed by atoms with E-state index in [-0.39, 0.29) is 5.56 Å². The molecule has 0 aliphatic heterocycles. The number of carboxylic acid groups (broad SMARTS) is 1. The van der Waals surface area contributed by atoms with Gasteiger partial charge in [0.05, 0.1) is 11.3 Å². The Bertz CT molecular complexity index is 672. The number of carboxylic acids is 1. The molecule has 104 valence electrons. The predicted molar refractivity (Wildman–Crippen MR) is 85.8 cm³/mol. The fraction of sp³-hybridized carbons (Fsp3) is 0. The molecule has 2 aromatic rings. The summed E-state index contributed by atoms with van der Waals surface area (Å²) in [6.45, 7) is 0. The molecule has 5 nitrogen and oxygen atoms in total. The van der Waals surface area contributed by atoms with Crippen molar-refractivity contribution in [3.8, 4) is 0 Å². The van der Waals surface area contributed by atoms with Crippen LogP contribution in [0.1, 0.15) is 10.4 Å². The third-order valence-corrected chi connectivity index (χ3v) is 4.31. The van der Waals surface area contributed by atoms with Gasteiger partial charge in [-0.2, -0.15) is 0 Å². The summed E-state index contributed by atoms with van der Waals surface area (Å²) in [7, 11) is 0. The van der Waals surface area contributed by atoms with Crippen molar-refractivity contribution in [1.82, 2.24) is 0 Å². The lowest BCUT2D eigenvalue weighted by Gasteiger charge is -2.09. The normalized spacial score (nSPS) is 10.1. The lowest BCUT2D eigenvalue weighted by atomic mass is 10.3. The number of urea groups is 1. The van der Waals surface area contributed by atoms with Crippen LogP contribution in [0.15, 0.2) is 38.6 Å². The topological polar surface area (TPSA) is 78.4 Å². The van der Waals surface area contributed by atoms with E-state index in [0.717, 1.165) is 20.3 Å². The van der Waals surface area contributed by atoms with Gasteiger partial charge in [0.2, 0.25) is 0 Å². The summed E-state index contributed by atoms with van der Waals surface area (Å²) < 4.78 is 1.54. The Kier molecular flexibility index (Phi) is 4.79. The molecule has 1 aromatic carbocycles. The van der Waals surface area contributed by atoms with Gasteiger partial charge in [-0.05, 0) is 45.6 Å². The zero-order chi connectivity index (χ0) is 14.7. The third-order valence-electron chi connectivity index (χ3n) is 2.30. The zero-order valence-corrected chi connectivity index (χ0v) is 13.8. The van der Waals surface area contributed by atoms with Gasteiger partial charge in [-0.15, -0.1) is 11.3 Å². The monoisotopic (exact) mass is 418 g/mol. The average molecular weight is 420 g/mol.